The van der Waals surface area contributed by atoms with Crippen LogP contribution < -0.4 is 11.1 Å². The number of nitrogens with two attached hydrogens (primary N) is 1. The Kier molecular flexibility index (Phi) is 6.71. The molecule has 4 heteroatoms. The molecule has 100 valence electrons. The summed E-state index contributed by atoms with van der Waals surface area (Å²) in [5, 5.41) is 2.79. The first-order valence-electron chi connectivity index (χ1n) is 6.52. The van der Waals surface area contributed by atoms with Crippen LogP contribution in [0.1, 0.15) is 34.1 Å². The quantitative estimate of drug-likeness (QED) is 0.398. The summed E-state index contributed by atoms with van der Waals surface area (Å²) in [6.07, 6.45) is 2.34. The van der Waals surface area contributed by atoms with Crippen molar-refractivity contribution in [1.29, 1.82) is 0 Å². The molecule has 0 unspecified atom stereocenters. The number of carbonyl (C=O) groups is 1. The van der Waals surface area contributed by atoms with Gasteiger partial charge < -0.3 is 11.1 Å². The van der Waals surface area contributed by atoms with Crippen LogP contribution in [0.4, 0.5) is 0 Å². The molecule has 3 N–H and O–H groups in total. The molecule has 0 aliphatic rings. The highest BCUT2D eigenvalue weighted by atomic mass is 28.3. The zero-order valence-electron chi connectivity index (χ0n) is 11.8. The fraction of sp³-hybridized carbons (Fsp3) is 0.769. The Labute approximate surface area is 107 Å². The highest BCUT2D eigenvalue weighted by Crippen LogP contribution is 2.31. The van der Waals surface area contributed by atoms with E-state index in [1.807, 2.05) is 0 Å². The summed E-state index contributed by atoms with van der Waals surface area (Å²) >= 11 is 0. The molecule has 17 heavy (non-hydrogen) atoms. The molecule has 0 aliphatic heterocycles. The van der Waals surface area contributed by atoms with Crippen molar-refractivity contribution in [3.05, 3.63) is 12.7 Å². The van der Waals surface area contributed by atoms with Gasteiger partial charge in [-0.2, -0.15) is 0 Å². The third-order valence-electron chi connectivity index (χ3n) is 4.04. The maximum atomic E-state index is 11.0. The lowest BCUT2D eigenvalue weighted by atomic mass is 10.4. The van der Waals surface area contributed by atoms with Crippen LogP contribution in [-0.4, -0.2) is 25.7 Å². The van der Waals surface area contributed by atoms with Gasteiger partial charge >= 0.3 is 0 Å². The fourth-order valence-corrected chi connectivity index (χ4v) is 7.07. The van der Waals surface area contributed by atoms with Gasteiger partial charge in [-0.25, -0.2) is 0 Å². The summed E-state index contributed by atoms with van der Waals surface area (Å²) in [6, 6.07) is 3.60. The summed E-state index contributed by atoms with van der Waals surface area (Å²) in [5.74, 6) is -0.0859. The molecular formula is C13H28N2OSi. The first-order valence-corrected chi connectivity index (χ1v) is 9.14. The van der Waals surface area contributed by atoms with Crippen LogP contribution in [0.15, 0.2) is 12.7 Å². The predicted octanol–water partition coefficient (Wildman–Crippen LogP) is 2.44. The molecule has 0 bridgehead atoms. The summed E-state index contributed by atoms with van der Waals surface area (Å²) < 4.78 is 0. The first kappa shape index (κ1) is 16.4. The average Bonchev–Trinajstić information content (AvgIpc) is 2.27. The minimum atomic E-state index is -1.43. The SMILES string of the molecule is C=CC(=O)NCCC[Si](CC)(CC)C(C)(C)N. The zero-order chi connectivity index (χ0) is 13.5. The van der Waals surface area contributed by atoms with Gasteiger partial charge in [-0.3, -0.25) is 4.79 Å². The van der Waals surface area contributed by atoms with Crippen molar-refractivity contribution < 1.29 is 4.79 Å². The van der Waals surface area contributed by atoms with Crippen LogP contribution in [0, 0.1) is 0 Å². The monoisotopic (exact) mass is 256 g/mol. The van der Waals surface area contributed by atoms with Crippen LogP contribution in [0.2, 0.25) is 18.1 Å². The molecule has 0 fully saturated rings. The van der Waals surface area contributed by atoms with Gasteiger partial charge in [0.1, 0.15) is 0 Å². The second kappa shape index (κ2) is 6.96. The molecular weight excluding hydrogens is 228 g/mol. The molecule has 0 aromatic heterocycles. The Hall–Kier alpha value is -0.613. The van der Waals surface area contributed by atoms with Gasteiger partial charge in [-0.1, -0.05) is 52.4 Å². The number of amides is 1. The molecule has 0 radical (unpaired) electrons. The Morgan fingerprint density at radius 2 is 1.94 bits per heavy atom. The molecule has 0 atom stereocenters. The van der Waals surface area contributed by atoms with Gasteiger partial charge in [0, 0.05) is 11.7 Å². The summed E-state index contributed by atoms with van der Waals surface area (Å²) in [5.41, 5.74) is 6.36. The molecule has 1 amide bonds. The normalized spacial score (nSPS) is 12.3. The van der Waals surface area contributed by atoms with Gasteiger partial charge in [0.15, 0.2) is 0 Å². The standard InChI is InChI=1S/C13H28N2OSi/c1-6-12(16)15-10-9-11-17(7-2,8-3)13(4,5)14/h6H,1,7-11,14H2,2-5H3,(H,15,16). The van der Waals surface area contributed by atoms with E-state index in [1.165, 1.54) is 24.2 Å². The van der Waals surface area contributed by atoms with Gasteiger partial charge in [-0.05, 0) is 12.5 Å². The Balaban J connectivity index is 4.29. The van der Waals surface area contributed by atoms with E-state index in [0.717, 1.165) is 13.0 Å². The number of carbonyl (C=O) groups excluding carboxylic acids is 1. The van der Waals surface area contributed by atoms with Crippen molar-refractivity contribution in [3.8, 4) is 0 Å². The second-order valence-electron chi connectivity index (χ2n) is 5.31. The zero-order valence-corrected chi connectivity index (χ0v) is 12.8. The maximum absolute atomic E-state index is 11.0. The molecule has 0 aromatic rings. The molecule has 0 saturated carbocycles. The number of hydrogen-bond acceptors (Lipinski definition) is 2. The van der Waals surface area contributed by atoms with Crippen LogP contribution in [0.3, 0.4) is 0 Å². The van der Waals surface area contributed by atoms with E-state index < -0.39 is 8.07 Å². The highest BCUT2D eigenvalue weighted by molar-refractivity contribution is 6.82. The second-order valence-corrected chi connectivity index (χ2v) is 11.1. The lowest BCUT2D eigenvalue weighted by molar-refractivity contribution is -0.116. The molecule has 0 aromatic carbocycles. The number of rotatable bonds is 8. The molecule has 0 spiro atoms. The van der Waals surface area contributed by atoms with Crippen molar-refractivity contribution in [2.24, 2.45) is 5.73 Å². The average molecular weight is 256 g/mol. The van der Waals surface area contributed by atoms with Crippen LogP contribution in [0.25, 0.3) is 0 Å². The van der Waals surface area contributed by atoms with Crippen molar-refractivity contribution in [2.45, 2.75) is 57.4 Å². The number of nitrogens with one attached hydrogen (secondary N) is 1. The summed E-state index contributed by atoms with van der Waals surface area (Å²) in [6.45, 7) is 13.0. The minimum Gasteiger partial charge on any atom is -0.353 e. The van der Waals surface area contributed by atoms with Gasteiger partial charge in [-0.15, -0.1) is 0 Å². The van der Waals surface area contributed by atoms with Gasteiger partial charge in [0.2, 0.25) is 5.91 Å². The molecule has 0 aliphatic carbocycles. The molecule has 0 heterocycles. The smallest absolute Gasteiger partial charge is 0.243 e. The maximum Gasteiger partial charge on any atom is 0.243 e. The van der Waals surface area contributed by atoms with E-state index in [-0.39, 0.29) is 11.1 Å². The topological polar surface area (TPSA) is 55.1 Å². The Morgan fingerprint density at radius 1 is 1.41 bits per heavy atom. The lowest BCUT2D eigenvalue weighted by Gasteiger charge is -2.42. The van der Waals surface area contributed by atoms with Crippen molar-refractivity contribution in [2.75, 3.05) is 6.54 Å². The largest absolute Gasteiger partial charge is 0.353 e. The first-order chi connectivity index (χ1) is 7.83. The van der Waals surface area contributed by atoms with Crippen molar-refractivity contribution >= 4 is 14.0 Å². The van der Waals surface area contributed by atoms with Gasteiger partial charge in [0.25, 0.3) is 0 Å². The lowest BCUT2D eigenvalue weighted by Crippen LogP contribution is -2.60. The third kappa shape index (κ3) is 4.64. The van der Waals surface area contributed by atoms with E-state index in [0.29, 0.717) is 0 Å². The van der Waals surface area contributed by atoms with E-state index in [9.17, 15) is 4.79 Å². The predicted molar refractivity (Wildman–Crippen MR) is 77.6 cm³/mol. The summed E-state index contributed by atoms with van der Waals surface area (Å²) in [4.78, 5) is 11.0. The minimum absolute atomic E-state index is 0.0427. The van der Waals surface area contributed by atoms with E-state index in [4.69, 9.17) is 5.73 Å². The van der Waals surface area contributed by atoms with Crippen LogP contribution >= 0.6 is 0 Å². The Bertz CT molecular complexity index is 255. The van der Waals surface area contributed by atoms with Crippen molar-refractivity contribution in [3.63, 3.8) is 0 Å². The molecule has 3 nitrogen and oxygen atoms in total. The molecule has 0 saturated heterocycles. The molecule has 0 rings (SSSR count). The van der Waals surface area contributed by atoms with E-state index in [1.54, 1.807) is 0 Å². The summed E-state index contributed by atoms with van der Waals surface area (Å²) in [7, 11) is -1.43. The Morgan fingerprint density at radius 3 is 2.29 bits per heavy atom. The fourth-order valence-electron chi connectivity index (χ4n) is 2.55. The van der Waals surface area contributed by atoms with E-state index >= 15 is 0 Å². The third-order valence-corrected chi connectivity index (χ3v) is 10.8. The van der Waals surface area contributed by atoms with E-state index in [2.05, 4.69) is 39.6 Å². The number of hydrogen-bond donors (Lipinski definition) is 2. The highest BCUT2D eigenvalue weighted by Gasteiger charge is 2.40. The van der Waals surface area contributed by atoms with Crippen LogP contribution in [-0.2, 0) is 4.79 Å². The van der Waals surface area contributed by atoms with Gasteiger partial charge in [0.05, 0.1) is 8.07 Å². The van der Waals surface area contributed by atoms with Crippen LogP contribution in [0.5, 0.6) is 0 Å². The van der Waals surface area contributed by atoms with Crippen molar-refractivity contribution in [1.82, 2.24) is 5.32 Å².